The van der Waals surface area contributed by atoms with Crippen molar-refractivity contribution in [2.75, 3.05) is 20.3 Å². The van der Waals surface area contributed by atoms with E-state index in [2.05, 4.69) is 24.8 Å². The Morgan fingerprint density at radius 1 is 1.29 bits per heavy atom. The fourth-order valence-electron chi connectivity index (χ4n) is 4.07. The zero-order valence-corrected chi connectivity index (χ0v) is 17.6. The van der Waals surface area contributed by atoms with Gasteiger partial charge in [0.05, 0.1) is 0 Å². The molecule has 0 aliphatic heterocycles. The van der Waals surface area contributed by atoms with Crippen LogP contribution in [0.15, 0.2) is 54.6 Å². The number of amides is 1. The number of nitrogens with zero attached hydrogens (tertiary/aromatic N) is 1. The average molecular weight is 425 g/mol. The first-order valence-corrected chi connectivity index (χ1v) is 10.3. The molecule has 2 unspecified atom stereocenters. The van der Waals surface area contributed by atoms with Crippen LogP contribution in [-0.2, 0) is 19.1 Å². The fraction of sp³-hybridized carbons (Fsp3) is 0.375. The minimum absolute atomic E-state index is 0.0591. The number of rotatable bonds is 9. The van der Waals surface area contributed by atoms with Crippen LogP contribution in [0.25, 0.3) is 5.57 Å². The van der Waals surface area contributed by atoms with Crippen molar-refractivity contribution in [2.24, 2.45) is 0 Å². The van der Waals surface area contributed by atoms with Crippen LogP contribution in [0.3, 0.4) is 0 Å². The van der Waals surface area contributed by atoms with Gasteiger partial charge in [-0.15, -0.1) is 0 Å². The molecular formula is C24H27NO6. The van der Waals surface area contributed by atoms with Crippen molar-refractivity contribution in [2.45, 2.75) is 37.6 Å². The van der Waals surface area contributed by atoms with E-state index < -0.39 is 24.1 Å². The number of carboxylic acids is 1. The van der Waals surface area contributed by atoms with Gasteiger partial charge >= 0.3 is 18.0 Å². The Morgan fingerprint density at radius 3 is 2.81 bits per heavy atom. The smallest absolute Gasteiger partial charge is 0.410 e. The number of carboxylic acid groups (broad SMARTS) is 1. The maximum atomic E-state index is 12.6. The Hall–Kier alpha value is -3.35. The van der Waals surface area contributed by atoms with Crippen LogP contribution in [0.5, 0.6) is 0 Å². The van der Waals surface area contributed by atoms with Crippen molar-refractivity contribution in [1.82, 2.24) is 4.90 Å². The summed E-state index contributed by atoms with van der Waals surface area (Å²) in [4.78, 5) is 36.9. The maximum absolute atomic E-state index is 12.6. The number of benzene rings is 1. The SMILES string of the molecule is C=CCOC(=O)CCC(C(=O)O)N(C)C(=O)OCC1C2=C(CCC=C2)c2ccccc21. The highest BCUT2D eigenvalue weighted by Crippen LogP contribution is 2.46. The molecule has 164 valence electrons. The topological polar surface area (TPSA) is 93.1 Å². The normalized spacial score (nSPS) is 17.4. The number of hydrogen-bond acceptors (Lipinski definition) is 5. The van der Waals surface area contributed by atoms with E-state index in [4.69, 9.17) is 9.47 Å². The average Bonchev–Trinajstić information content (AvgIpc) is 3.09. The number of aliphatic carboxylic acids is 1. The van der Waals surface area contributed by atoms with Gasteiger partial charge in [-0.3, -0.25) is 9.69 Å². The van der Waals surface area contributed by atoms with Crippen LogP contribution in [-0.4, -0.2) is 54.3 Å². The molecule has 0 saturated carbocycles. The molecule has 3 rings (SSSR count). The third-order valence-corrected chi connectivity index (χ3v) is 5.64. The quantitative estimate of drug-likeness (QED) is 0.476. The summed E-state index contributed by atoms with van der Waals surface area (Å²) < 4.78 is 10.4. The molecule has 1 aromatic rings. The van der Waals surface area contributed by atoms with E-state index in [1.807, 2.05) is 18.2 Å². The first kappa shape index (κ1) is 22.3. The second-order valence-electron chi connectivity index (χ2n) is 7.57. The molecule has 0 aromatic heterocycles. The summed E-state index contributed by atoms with van der Waals surface area (Å²) in [6.45, 7) is 3.63. The van der Waals surface area contributed by atoms with E-state index in [9.17, 15) is 19.5 Å². The summed E-state index contributed by atoms with van der Waals surface area (Å²) >= 11 is 0. The van der Waals surface area contributed by atoms with Crippen LogP contribution in [0.1, 0.15) is 42.7 Å². The molecule has 2 aliphatic carbocycles. The predicted molar refractivity (Wildman–Crippen MR) is 115 cm³/mol. The predicted octanol–water partition coefficient (Wildman–Crippen LogP) is 3.92. The molecular weight excluding hydrogens is 398 g/mol. The van der Waals surface area contributed by atoms with E-state index in [1.54, 1.807) is 0 Å². The van der Waals surface area contributed by atoms with Gasteiger partial charge in [0.15, 0.2) is 0 Å². The molecule has 1 amide bonds. The van der Waals surface area contributed by atoms with Gasteiger partial charge in [0, 0.05) is 19.4 Å². The maximum Gasteiger partial charge on any atom is 0.410 e. The highest BCUT2D eigenvalue weighted by atomic mass is 16.6. The molecule has 0 saturated heterocycles. The second kappa shape index (κ2) is 10.1. The molecule has 7 heteroatoms. The lowest BCUT2D eigenvalue weighted by atomic mass is 9.93. The monoisotopic (exact) mass is 425 g/mol. The molecule has 0 bridgehead atoms. The number of carbonyl (C=O) groups is 3. The molecule has 2 aliphatic rings. The number of likely N-dealkylation sites (N-methyl/N-ethyl adjacent to an activating group) is 1. The van der Waals surface area contributed by atoms with Gasteiger partial charge in [-0.1, -0.05) is 49.1 Å². The van der Waals surface area contributed by atoms with Gasteiger partial charge in [-0.2, -0.15) is 0 Å². The summed E-state index contributed by atoms with van der Waals surface area (Å²) in [5, 5.41) is 9.51. The molecule has 1 aromatic carbocycles. The van der Waals surface area contributed by atoms with Crippen molar-refractivity contribution >= 4 is 23.6 Å². The minimum Gasteiger partial charge on any atom is -0.480 e. The van der Waals surface area contributed by atoms with E-state index in [0.29, 0.717) is 0 Å². The van der Waals surface area contributed by atoms with E-state index in [-0.39, 0.29) is 32.0 Å². The Balaban J connectivity index is 1.63. The molecule has 0 heterocycles. The zero-order valence-electron chi connectivity index (χ0n) is 17.6. The van der Waals surface area contributed by atoms with Gasteiger partial charge in [0.1, 0.15) is 19.3 Å². The Labute approximate surface area is 181 Å². The third-order valence-electron chi connectivity index (χ3n) is 5.64. The van der Waals surface area contributed by atoms with Crippen LogP contribution in [0, 0.1) is 0 Å². The molecule has 0 spiro atoms. The molecule has 0 fully saturated rings. The van der Waals surface area contributed by atoms with Crippen LogP contribution in [0.2, 0.25) is 0 Å². The van der Waals surface area contributed by atoms with Gasteiger partial charge in [-0.05, 0) is 41.5 Å². The van der Waals surface area contributed by atoms with E-state index in [1.165, 1.54) is 24.3 Å². The summed E-state index contributed by atoms with van der Waals surface area (Å²) in [5.41, 5.74) is 4.75. The molecule has 1 N–H and O–H groups in total. The third kappa shape index (κ3) is 5.05. The summed E-state index contributed by atoms with van der Waals surface area (Å²) in [6, 6.07) is 6.90. The Bertz CT molecular complexity index is 932. The summed E-state index contributed by atoms with van der Waals surface area (Å²) in [7, 11) is 1.37. The molecule has 31 heavy (non-hydrogen) atoms. The van der Waals surface area contributed by atoms with E-state index in [0.717, 1.165) is 28.9 Å². The standard InChI is InChI=1S/C24H27NO6/c1-3-14-30-22(26)13-12-21(23(27)28)25(2)24(29)31-15-20-18-10-6-4-8-16(18)17-9-5-7-11-19(17)20/h3-4,6-8,10-11,20-21H,1,5,9,12-15H2,2H3,(H,27,28). The van der Waals surface area contributed by atoms with E-state index >= 15 is 0 Å². The number of esters is 1. The minimum atomic E-state index is -1.21. The van der Waals surface area contributed by atoms with Crippen LogP contribution < -0.4 is 0 Å². The second-order valence-corrected chi connectivity index (χ2v) is 7.57. The highest BCUT2D eigenvalue weighted by molar-refractivity contribution is 5.82. The van der Waals surface area contributed by atoms with Crippen molar-refractivity contribution in [3.63, 3.8) is 0 Å². The summed E-state index contributed by atoms with van der Waals surface area (Å²) in [5.74, 6) is -1.82. The van der Waals surface area contributed by atoms with Crippen molar-refractivity contribution in [3.8, 4) is 0 Å². The zero-order chi connectivity index (χ0) is 22.4. The lowest BCUT2D eigenvalue weighted by Gasteiger charge is -2.25. The number of hydrogen-bond donors (Lipinski definition) is 1. The molecule has 2 atom stereocenters. The van der Waals surface area contributed by atoms with Crippen molar-refractivity contribution < 1.29 is 29.0 Å². The van der Waals surface area contributed by atoms with Gasteiger partial charge in [0.2, 0.25) is 0 Å². The Morgan fingerprint density at radius 2 is 2.06 bits per heavy atom. The first-order valence-electron chi connectivity index (χ1n) is 10.3. The van der Waals surface area contributed by atoms with Gasteiger partial charge in [-0.25, -0.2) is 9.59 Å². The van der Waals surface area contributed by atoms with Gasteiger partial charge < -0.3 is 14.6 Å². The molecule has 7 nitrogen and oxygen atoms in total. The number of carbonyl (C=O) groups excluding carboxylic acids is 2. The largest absolute Gasteiger partial charge is 0.480 e. The van der Waals surface area contributed by atoms with Crippen LogP contribution in [0.4, 0.5) is 4.79 Å². The van der Waals surface area contributed by atoms with Crippen LogP contribution >= 0.6 is 0 Å². The summed E-state index contributed by atoms with van der Waals surface area (Å²) in [6.07, 6.45) is 6.65. The number of allylic oxidation sites excluding steroid dienone is 3. The lowest BCUT2D eigenvalue weighted by Crippen LogP contribution is -2.43. The number of ether oxygens (including phenoxy) is 2. The highest BCUT2D eigenvalue weighted by Gasteiger charge is 2.33. The first-order chi connectivity index (χ1) is 14.9. The lowest BCUT2D eigenvalue weighted by molar-refractivity contribution is -0.145. The number of fused-ring (bicyclic) bond motifs is 2. The van der Waals surface area contributed by atoms with Gasteiger partial charge in [0.25, 0.3) is 0 Å². The fourth-order valence-corrected chi connectivity index (χ4v) is 4.07. The van der Waals surface area contributed by atoms with Crippen molar-refractivity contribution in [3.05, 3.63) is 65.8 Å². The Kier molecular flexibility index (Phi) is 7.28. The van der Waals surface area contributed by atoms with Crippen molar-refractivity contribution in [1.29, 1.82) is 0 Å². The molecule has 0 radical (unpaired) electrons.